The Balaban J connectivity index is 2.15. The highest BCUT2D eigenvalue weighted by Gasteiger charge is 2.34. The molecule has 94 valence electrons. The summed E-state index contributed by atoms with van der Waals surface area (Å²) in [7, 11) is 2.02. The van der Waals surface area contributed by atoms with Gasteiger partial charge in [0.2, 0.25) is 0 Å². The normalized spacial score (nSPS) is 24.4. The molecule has 1 aromatic heterocycles. The van der Waals surface area contributed by atoms with Crippen LogP contribution < -0.4 is 10.2 Å². The Morgan fingerprint density at radius 3 is 3.00 bits per heavy atom. The molecule has 1 aliphatic rings. The van der Waals surface area contributed by atoms with E-state index in [4.69, 9.17) is 0 Å². The molecule has 1 N–H and O–H groups in total. The van der Waals surface area contributed by atoms with E-state index in [-0.39, 0.29) is 0 Å². The average molecular weight is 298 g/mol. The Hall–Kier alpha value is -0.610. The lowest BCUT2D eigenvalue weighted by molar-refractivity contribution is 0.355. The van der Waals surface area contributed by atoms with Crippen molar-refractivity contribution >= 4 is 21.7 Å². The maximum Gasteiger partial charge on any atom is 0.131 e. The zero-order chi connectivity index (χ0) is 12.5. The molecule has 0 bridgehead atoms. The van der Waals surface area contributed by atoms with E-state index in [0.717, 1.165) is 29.9 Å². The first-order valence-electron chi connectivity index (χ1n) is 6.06. The van der Waals surface area contributed by atoms with E-state index in [9.17, 15) is 0 Å². The fraction of sp³-hybridized carbons (Fsp3) is 0.615. The molecule has 2 heterocycles. The van der Waals surface area contributed by atoms with Gasteiger partial charge in [-0.3, -0.25) is 0 Å². The third-order valence-corrected chi connectivity index (χ3v) is 3.91. The van der Waals surface area contributed by atoms with E-state index >= 15 is 0 Å². The van der Waals surface area contributed by atoms with Gasteiger partial charge in [-0.15, -0.1) is 0 Å². The number of aromatic nitrogens is 1. The molecule has 1 fully saturated rings. The van der Waals surface area contributed by atoms with Gasteiger partial charge in [0, 0.05) is 30.3 Å². The molecule has 1 unspecified atom stereocenters. The molecule has 3 nitrogen and oxygen atoms in total. The minimum absolute atomic E-state index is 0.371. The van der Waals surface area contributed by atoms with Gasteiger partial charge in [0.05, 0.1) is 0 Å². The second-order valence-corrected chi connectivity index (χ2v) is 6.22. The van der Waals surface area contributed by atoms with Gasteiger partial charge in [-0.2, -0.15) is 0 Å². The summed E-state index contributed by atoms with van der Waals surface area (Å²) in [6.07, 6.45) is 3.11. The number of hydrogen-bond donors (Lipinski definition) is 1. The summed E-state index contributed by atoms with van der Waals surface area (Å²) in [5, 5.41) is 3.29. The van der Waals surface area contributed by atoms with Crippen molar-refractivity contribution in [3.63, 3.8) is 0 Å². The topological polar surface area (TPSA) is 28.2 Å². The molecule has 4 heteroatoms. The summed E-state index contributed by atoms with van der Waals surface area (Å²) < 4.78 is 1.05. The van der Waals surface area contributed by atoms with Gasteiger partial charge in [0.1, 0.15) is 5.82 Å². The number of nitrogens with zero attached hydrogens (tertiary/aromatic N) is 2. The maximum atomic E-state index is 4.54. The Kier molecular flexibility index (Phi) is 3.73. The average Bonchev–Trinajstić information content (AvgIpc) is 2.61. The lowest BCUT2D eigenvalue weighted by Gasteiger charge is -2.25. The second kappa shape index (κ2) is 4.94. The van der Waals surface area contributed by atoms with E-state index in [0.29, 0.717) is 5.41 Å². The smallest absolute Gasteiger partial charge is 0.131 e. The van der Waals surface area contributed by atoms with Crippen molar-refractivity contribution in [1.29, 1.82) is 0 Å². The zero-order valence-electron chi connectivity index (χ0n) is 10.8. The summed E-state index contributed by atoms with van der Waals surface area (Å²) in [6, 6.07) is 2.13. The van der Waals surface area contributed by atoms with Gasteiger partial charge in [-0.1, -0.05) is 6.92 Å². The van der Waals surface area contributed by atoms with Crippen molar-refractivity contribution in [3.8, 4) is 0 Å². The molecule has 1 saturated heterocycles. The number of anilines is 1. The first kappa shape index (κ1) is 12.8. The molecule has 0 saturated carbocycles. The lowest BCUT2D eigenvalue weighted by atomic mass is 9.90. The van der Waals surface area contributed by atoms with Gasteiger partial charge < -0.3 is 10.2 Å². The van der Waals surface area contributed by atoms with Crippen LogP contribution in [0.3, 0.4) is 0 Å². The van der Waals surface area contributed by atoms with Crippen molar-refractivity contribution < 1.29 is 0 Å². The van der Waals surface area contributed by atoms with Crippen LogP contribution in [-0.2, 0) is 0 Å². The Labute approximate surface area is 112 Å². The van der Waals surface area contributed by atoms with Gasteiger partial charge in [0.15, 0.2) is 0 Å². The second-order valence-electron chi connectivity index (χ2n) is 5.31. The van der Waals surface area contributed by atoms with Crippen molar-refractivity contribution in [2.45, 2.75) is 20.3 Å². The summed E-state index contributed by atoms with van der Waals surface area (Å²) >= 11 is 3.46. The summed E-state index contributed by atoms with van der Waals surface area (Å²) in [6.45, 7) is 7.73. The number of aryl methyl sites for hydroxylation is 1. The van der Waals surface area contributed by atoms with Crippen molar-refractivity contribution in [2.24, 2.45) is 5.41 Å². The molecule has 0 aliphatic carbocycles. The van der Waals surface area contributed by atoms with Crippen LogP contribution in [0.15, 0.2) is 16.7 Å². The molecule has 0 amide bonds. The summed E-state index contributed by atoms with van der Waals surface area (Å²) in [5.41, 5.74) is 1.61. The Morgan fingerprint density at radius 1 is 1.59 bits per heavy atom. The quantitative estimate of drug-likeness (QED) is 0.929. The van der Waals surface area contributed by atoms with Crippen molar-refractivity contribution in [2.75, 3.05) is 31.6 Å². The number of rotatable bonds is 3. The van der Waals surface area contributed by atoms with Crippen molar-refractivity contribution in [1.82, 2.24) is 10.3 Å². The zero-order valence-corrected chi connectivity index (χ0v) is 12.3. The van der Waals surface area contributed by atoms with Crippen LogP contribution in [-0.4, -0.2) is 31.7 Å². The van der Waals surface area contributed by atoms with Crippen LogP contribution in [0.1, 0.15) is 18.9 Å². The van der Waals surface area contributed by atoms with Gasteiger partial charge in [-0.25, -0.2) is 4.98 Å². The van der Waals surface area contributed by atoms with Crippen LogP contribution in [0, 0.1) is 12.3 Å². The SMILES string of the molecule is CNCC1(C)CCN(c2ncc(Br)cc2C)C1. The van der Waals surface area contributed by atoms with E-state index in [1.54, 1.807) is 0 Å². The van der Waals surface area contributed by atoms with Crippen LogP contribution in [0.5, 0.6) is 0 Å². The highest BCUT2D eigenvalue weighted by atomic mass is 79.9. The predicted molar refractivity (Wildman–Crippen MR) is 75.5 cm³/mol. The van der Waals surface area contributed by atoms with E-state index < -0.39 is 0 Å². The van der Waals surface area contributed by atoms with E-state index in [1.807, 2.05) is 13.2 Å². The number of halogens is 1. The van der Waals surface area contributed by atoms with Crippen LogP contribution >= 0.6 is 15.9 Å². The lowest BCUT2D eigenvalue weighted by Crippen LogP contribution is -2.33. The fourth-order valence-corrected chi connectivity index (χ4v) is 3.09. The van der Waals surface area contributed by atoms with Crippen molar-refractivity contribution in [3.05, 3.63) is 22.3 Å². The Morgan fingerprint density at radius 2 is 2.35 bits per heavy atom. The summed E-state index contributed by atoms with van der Waals surface area (Å²) in [5.74, 6) is 1.13. The molecule has 2 rings (SSSR count). The standard InChI is InChI=1S/C13H20BrN3/c1-10-6-11(14)7-16-12(10)17-5-4-13(2,9-17)8-15-3/h6-7,15H,4-5,8-9H2,1-3H3. The monoisotopic (exact) mass is 297 g/mol. The highest BCUT2D eigenvalue weighted by Crippen LogP contribution is 2.33. The first-order chi connectivity index (χ1) is 8.04. The molecule has 17 heavy (non-hydrogen) atoms. The molecule has 1 atom stereocenters. The van der Waals surface area contributed by atoms with Crippen LogP contribution in [0.25, 0.3) is 0 Å². The number of hydrogen-bond acceptors (Lipinski definition) is 3. The number of nitrogens with one attached hydrogen (secondary N) is 1. The van der Waals surface area contributed by atoms with Gasteiger partial charge in [0.25, 0.3) is 0 Å². The molecular weight excluding hydrogens is 278 g/mol. The molecule has 0 radical (unpaired) electrons. The van der Waals surface area contributed by atoms with Crippen LogP contribution in [0.4, 0.5) is 5.82 Å². The molecule has 0 spiro atoms. The predicted octanol–water partition coefficient (Wildman–Crippen LogP) is 2.59. The minimum atomic E-state index is 0.371. The van der Waals surface area contributed by atoms with E-state index in [1.165, 1.54) is 12.0 Å². The number of pyridine rings is 1. The Bertz CT molecular complexity index is 408. The highest BCUT2D eigenvalue weighted by molar-refractivity contribution is 9.10. The first-order valence-corrected chi connectivity index (χ1v) is 6.85. The third kappa shape index (κ3) is 2.80. The molecular formula is C13H20BrN3. The molecule has 1 aliphatic heterocycles. The third-order valence-electron chi connectivity index (χ3n) is 3.48. The van der Waals surface area contributed by atoms with Gasteiger partial charge >= 0.3 is 0 Å². The molecule has 0 aromatic carbocycles. The largest absolute Gasteiger partial charge is 0.356 e. The minimum Gasteiger partial charge on any atom is -0.356 e. The fourth-order valence-electron chi connectivity index (χ4n) is 2.64. The van der Waals surface area contributed by atoms with Gasteiger partial charge in [-0.05, 0) is 53.4 Å². The maximum absolute atomic E-state index is 4.54. The summed E-state index contributed by atoms with van der Waals surface area (Å²) in [4.78, 5) is 6.95. The van der Waals surface area contributed by atoms with Crippen LogP contribution in [0.2, 0.25) is 0 Å². The van der Waals surface area contributed by atoms with E-state index in [2.05, 4.69) is 51.0 Å². The molecule has 1 aromatic rings.